The van der Waals surface area contributed by atoms with E-state index in [1.54, 1.807) is 6.20 Å². The van der Waals surface area contributed by atoms with E-state index in [-0.39, 0.29) is 5.54 Å². The van der Waals surface area contributed by atoms with Gasteiger partial charge in [-0.2, -0.15) is 0 Å². The molecule has 2 N–H and O–H groups in total. The molecule has 0 aliphatic carbocycles. The summed E-state index contributed by atoms with van der Waals surface area (Å²) in [6.07, 6.45) is 4.68. The smallest absolute Gasteiger partial charge is 0.128 e. The Kier molecular flexibility index (Phi) is 2.52. The number of rotatable bonds is 3. The molecule has 1 aromatic heterocycles. The molecule has 1 atom stereocenters. The van der Waals surface area contributed by atoms with Gasteiger partial charge in [0.1, 0.15) is 5.82 Å². The minimum absolute atomic E-state index is 0.292. The molecule has 0 aliphatic rings. The third kappa shape index (κ3) is 1.50. The van der Waals surface area contributed by atoms with Gasteiger partial charge in [-0.25, -0.2) is 4.98 Å². The van der Waals surface area contributed by atoms with Gasteiger partial charge in [0.05, 0.1) is 5.54 Å². The lowest BCUT2D eigenvalue weighted by molar-refractivity contribution is 0.423. The molecule has 0 aliphatic heterocycles. The molecule has 0 bridgehead atoms. The van der Waals surface area contributed by atoms with Crippen LogP contribution in [0.25, 0.3) is 0 Å². The second kappa shape index (κ2) is 3.27. The SMILES string of the molecule is CCn1ccnc1C(C)(N)CC. The van der Waals surface area contributed by atoms with E-state index in [2.05, 4.69) is 23.4 Å². The molecular formula is C9H17N3. The summed E-state index contributed by atoms with van der Waals surface area (Å²) in [4.78, 5) is 4.27. The summed E-state index contributed by atoms with van der Waals surface area (Å²) in [6, 6.07) is 0. The van der Waals surface area contributed by atoms with Gasteiger partial charge in [0.25, 0.3) is 0 Å². The second-order valence-electron chi connectivity index (χ2n) is 3.31. The molecule has 0 saturated heterocycles. The van der Waals surface area contributed by atoms with Gasteiger partial charge in [-0.3, -0.25) is 0 Å². The van der Waals surface area contributed by atoms with Crippen LogP contribution in [0, 0.1) is 0 Å². The standard InChI is InChI=1S/C9H17N3/c1-4-9(3,10)8-11-6-7-12(8)5-2/h6-7H,4-5,10H2,1-3H3. The molecule has 0 fully saturated rings. The molecule has 0 saturated carbocycles. The summed E-state index contributed by atoms with van der Waals surface area (Å²) in [5, 5.41) is 0. The van der Waals surface area contributed by atoms with Gasteiger partial charge < -0.3 is 10.3 Å². The molecule has 3 nitrogen and oxygen atoms in total. The highest BCUT2D eigenvalue weighted by Crippen LogP contribution is 2.18. The van der Waals surface area contributed by atoms with Crippen LogP contribution in [0.4, 0.5) is 0 Å². The number of hydrogen-bond donors (Lipinski definition) is 1. The van der Waals surface area contributed by atoms with Gasteiger partial charge in [0.2, 0.25) is 0 Å². The van der Waals surface area contributed by atoms with E-state index in [1.807, 2.05) is 13.1 Å². The van der Waals surface area contributed by atoms with Crippen molar-refractivity contribution in [1.82, 2.24) is 9.55 Å². The van der Waals surface area contributed by atoms with Crippen LogP contribution in [0.5, 0.6) is 0 Å². The summed E-state index contributed by atoms with van der Waals surface area (Å²) in [6.45, 7) is 7.12. The minimum atomic E-state index is -0.292. The van der Waals surface area contributed by atoms with Gasteiger partial charge in [-0.15, -0.1) is 0 Å². The zero-order valence-corrected chi connectivity index (χ0v) is 8.04. The highest BCUT2D eigenvalue weighted by Gasteiger charge is 2.23. The topological polar surface area (TPSA) is 43.8 Å². The zero-order chi connectivity index (χ0) is 9.19. The highest BCUT2D eigenvalue weighted by molar-refractivity contribution is 5.05. The van der Waals surface area contributed by atoms with Crippen molar-refractivity contribution in [2.24, 2.45) is 5.73 Å². The van der Waals surface area contributed by atoms with E-state index in [0.717, 1.165) is 18.8 Å². The Morgan fingerprint density at radius 1 is 1.58 bits per heavy atom. The van der Waals surface area contributed by atoms with Crippen molar-refractivity contribution in [2.45, 2.75) is 39.3 Å². The summed E-state index contributed by atoms with van der Waals surface area (Å²) >= 11 is 0. The van der Waals surface area contributed by atoms with E-state index >= 15 is 0 Å². The fourth-order valence-electron chi connectivity index (χ4n) is 1.22. The average molecular weight is 167 g/mol. The maximum atomic E-state index is 6.07. The summed E-state index contributed by atoms with van der Waals surface area (Å²) < 4.78 is 2.09. The van der Waals surface area contributed by atoms with Crippen molar-refractivity contribution in [3.8, 4) is 0 Å². The Hall–Kier alpha value is -0.830. The Bertz CT molecular complexity index is 250. The number of imidazole rings is 1. The van der Waals surface area contributed by atoms with Crippen LogP contribution in [-0.4, -0.2) is 9.55 Å². The lowest BCUT2D eigenvalue weighted by atomic mass is 10.00. The first kappa shape index (κ1) is 9.26. The third-order valence-corrected chi connectivity index (χ3v) is 2.30. The van der Waals surface area contributed by atoms with E-state index in [1.165, 1.54) is 0 Å². The maximum absolute atomic E-state index is 6.07. The number of hydrogen-bond acceptors (Lipinski definition) is 2. The molecule has 68 valence electrons. The van der Waals surface area contributed by atoms with Gasteiger partial charge >= 0.3 is 0 Å². The Morgan fingerprint density at radius 2 is 2.25 bits per heavy atom. The number of aromatic nitrogens is 2. The zero-order valence-electron chi connectivity index (χ0n) is 8.04. The predicted octanol–water partition coefficient (Wildman–Crippen LogP) is 1.49. The summed E-state index contributed by atoms with van der Waals surface area (Å²) in [5.41, 5.74) is 5.78. The molecule has 1 rings (SSSR count). The molecule has 0 aromatic carbocycles. The summed E-state index contributed by atoms with van der Waals surface area (Å²) in [5.74, 6) is 0.979. The lowest BCUT2D eigenvalue weighted by Crippen LogP contribution is -2.35. The fraction of sp³-hybridized carbons (Fsp3) is 0.667. The van der Waals surface area contributed by atoms with Gasteiger partial charge in [0.15, 0.2) is 0 Å². The quantitative estimate of drug-likeness (QED) is 0.741. The predicted molar refractivity (Wildman–Crippen MR) is 49.7 cm³/mol. The van der Waals surface area contributed by atoms with Crippen molar-refractivity contribution >= 4 is 0 Å². The first-order valence-corrected chi connectivity index (χ1v) is 4.42. The molecule has 0 spiro atoms. The third-order valence-electron chi connectivity index (χ3n) is 2.30. The summed E-state index contributed by atoms with van der Waals surface area (Å²) in [7, 11) is 0. The van der Waals surface area contributed by atoms with Gasteiger partial charge in [-0.05, 0) is 20.3 Å². The largest absolute Gasteiger partial charge is 0.334 e. The molecule has 1 unspecified atom stereocenters. The van der Waals surface area contributed by atoms with Crippen LogP contribution in [0.3, 0.4) is 0 Å². The average Bonchev–Trinajstić information content (AvgIpc) is 2.52. The molecule has 0 amide bonds. The van der Waals surface area contributed by atoms with E-state index in [4.69, 9.17) is 5.73 Å². The molecular weight excluding hydrogens is 150 g/mol. The second-order valence-corrected chi connectivity index (χ2v) is 3.31. The Balaban J connectivity index is 3.00. The molecule has 1 aromatic rings. The fourth-order valence-corrected chi connectivity index (χ4v) is 1.22. The Labute approximate surface area is 73.6 Å². The van der Waals surface area contributed by atoms with Crippen molar-refractivity contribution in [3.05, 3.63) is 18.2 Å². The monoisotopic (exact) mass is 167 g/mol. The first-order valence-electron chi connectivity index (χ1n) is 4.42. The number of nitrogens with zero attached hydrogens (tertiary/aromatic N) is 2. The van der Waals surface area contributed by atoms with E-state index in [0.29, 0.717) is 0 Å². The molecule has 1 heterocycles. The molecule has 3 heteroatoms. The minimum Gasteiger partial charge on any atom is -0.334 e. The van der Waals surface area contributed by atoms with E-state index in [9.17, 15) is 0 Å². The van der Waals surface area contributed by atoms with E-state index < -0.39 is 0 Å². The van der Waals surface area contributed by atoms with Crippen LogP contribution < -0.4 is 5.73 Å². The lowest BCUT2D eigenvalue weighted by Gasteiger charge is -2.22. The maximum Gasteiger partial charge on any atom is 0.128 e. The van der Waals surface area contributed by atoms with Crippen LogP contribution in [0.2, 0.25) is 0 Å². The van der Waals surface area contributed by atoms with Crippen LogP contribution in [-0.2, 0) is 12.1 Å². The van der Waals surface area contributed by atoms with Crippen molar-refractivity contribution in [1.29, 1.82) is 0 Å². The normalized spacial score (nSPS) is 16.0. The first-order chi connectivity index (χ1) is 5.61. The van der Waals surface area contributed by atoms with Gasteiger partial charge in [-0.1, -0.05) is 6.92 Å². The van der Waals surface area contributed by atoms with Crippen molar-refractivity contribution in [2.75, 3.05) is 0 Å². The Morgan fingerprint density at radius 3 is 2.75 bits per heavy atom. The highest BCUT2D eigenvalue weighted by atomic mass is 15.1. The molecule has 0 radical (unpaired) electrons. The van der Waals surface area contributed by atoms with Crippen LogP contribution in [0.1, 0.15) is 33.0 Å². The number of nitrogens with two attached hydrogens (primary N) is 1. The number of aryl methyl sites for hydroxylation is 1. The van der Waals surface area contributed by atoms with Crippen LogP contribution in [0.15, 0.2) is 12.4 Å². The van der Waals surface area contributed by atoms with Crippen LogP contribution >= 0.6 is 0 Å². The van der Waals surface area contributed by atoms with Crippen molar-refractivity contribution in [3.63, 3.8) is 0 Å². The van der Waals surface area contributed by atoms with Crippen molar-refractivity contribution < 1.29 is 0 Å². The molecule has 12 heavy (non-hydrogen) atoms. The van der Waals surface area contributed by atoms with Gasteiger partial charge in [0, 0.05) is 18.9 Å².